The van der Waals surface area contributed by atoms with E-state index in [4.69, 9.17) is 28.4 Å². The summed E-state index contributed by atoms with van der Waals surface area (Å²) in [5, 5.41) is 118. The maximum Gasteiger partial charge on any atom is 0.187 e. The molecule has 0 aromatic heterocycles. The molecule has 64 heavy (non-hydrogen) atoms. The van der Waals surface area contributed by atoms with Gasteiger partial charge in [-0.15, -0.1) is 0 Å². The molecular formula is C47H80O17. The number of ether oxygens (including phenoxy) is 6. The lowest BCUT2D eigenvalue weighted by Crippen LogP contribution is -2.67. The third-order valence-corrected chi connectivity index (χ3v) is 18.4. The van der Waals surface area contributed by atoms with Gasteiger partial charge in [0, 0.05) is 0 Å². The zero-order chi connectivity index (χ0) is 47.1. The summed E-state index contributed by atoms with van der Waals surface area (Å²) in [5.74, 6) is -0.0472. The van der Waals surface area contributed by atoms with Crippen molar-refractivity contribution in [2.75, 3.05) is 19.8 Å². The fourth-order valence-corrected chi connectivity index (χ4v) is 14.6. The van der Waals surface area contributed by atoms with Gasteiger partial charge in [-0.2, -0.15) is 0 Å². The molecule has 4 aliphatic carbocycles. The van der Waals surface area contributed by atoms with Gasteiger partial charge in [0.15, 0.2) is 18.9 Å². The minimum atomic E-state index is -1.67. The molecule has 4 saturated carbocycles. The molecule has 7 aliphatic rings. The largest absolute Gasteiger partial charge is 0.394 e. The van der Waals surface area contributed by atoms with Crippen LogP contribution in [0.1, 0.15) is 113 Å². The highest BCUT2D eigenvalue weighted by Gasteiger charge is 2.72. The van der Waals surface area contributed by atoms with Crippen LogP contribution in [0, 0.1) is 45.3 Å². The minimum absolute atomic E-state index is 0.149. The van der Waals surface area contributed by atoms with Crippen molar-refractivity contribution in [3.8, 4) is 0 Å². The van der Waals surface area contributed by atoms with E-state index in [1.54, 1.807) is 0 Å². The lowest BCUT2D eigenvalue weighted by atomic mass is 9.35. The zero-order valence-corrected chi connectivity index (χ0v) is 39.0. The van der Waals surface area contributed by atoms with Crippen LogP contribution in [-0.4, -0.2) is 180 Å². The first-order valence-electron chi connectivity index (χ1n) is 23.8. The van der Waals surface area contributed by atoms with Gasteiger partial charge in [-0.25, -0.2) is 0 Å². The van der Waals surface area contributed by atoms with Crippen LogP contribution in [0.2, 0.25) is 0 Å². The van der Waals surface area contributed by atoms with Crippen molar-refractivity contribution in [1.29, 1.82) is 0 Å². The average molecular weight is 917 g/mol. The van der Waals surface area contributed by atoms with Gasteiger partial charge < -0.3 is 84.6 Å². The quantitative estimate of drug-likeness (QED) is 0.0892. The van der Waals surface area contributed by atoms with E-state index >= 15 is 0 Å². The summed E-state index contributed by atoms with van der Waals surface area (Å²) in [5.41, 5.74) is -0.947. The summed E-state index contributed by atoms with van der Waals surface area (Å²) in [6.07, 6.45) is -11.9. The maximum absolute atomic E-state index is 12.7. The van der Waals surface area contributed by atoms with Crippen LogP contribution in [-0.2, 0) is 28.4 Å². The lowest BCUT2D eigenvalue weighted by Gasteiger charge is -2.71. The second-order valence-electron chi connectivity index (χ2n) is 22.4. The summed E-state index contributed by atoms with van der Waals surface area (Å²) >= 11 is 0. The predicted octanol–water partition coefficient (Wildman–Crippen LogP) is 0.612. The van der Waals surface area contributed by atoms with Crippen LogP contribution >= 0.6 is 0 Å². The Morgan fingerprint density at radius 2 is 1.19 bits per heavy atom. The molecule has 11 N–H and O–H groups in total. The van der Waals surface area contributed by atoms with Gasteiger partial charge >= 0.3 is 0 Å². The van der Waals surface area contributed by atoms with Crippen molar-refractivity contribution in [2.24, 2.45) is 45.3 Å². The molecule has 3 aliphatic heterocycles. The Bertz CT molecular complexity index is 1630. The van der Waals surface area contributed by atoms with Gasteiger partial charge in [-0.3, -0.25) is 0 Å². The van der Waals surface area contributed by atoms with E-state index in [1.807, 2.05) is 20.8 Å². The minimum Gasteiger partial charge on any atom is -0.394 e. The summed E-state index contributed by atoms with van der Waals surface area (Å²) in [6.45, 7) is 16.1. The van der Waals surface area contributed by atoms with Crippen LogP contribution in [0.15, 0.2) is 11.6 Å². The van der Waals surface area contributed by atoms with Crippen molar-refractivity contribution in [3.05, 3.63) is 11.6 Å². The van der Waals surface area contributed by atoms with Gasteiger partial charge in [-0.05, 0) is 124 Å². The van der Waals surface area contributed by atoms with E-state index in [0.717, 1.165) is 37.7 Å². The molecule has 0 amide bonds. The van der Waals surface area contributed by atoms with Crippen LogP contribution in [0.25, 0.3) is 0 Å². The first-order chi connectivity index (χ1) is 29.9. The highest BCUT2D eigenvalue weighted by molar-refractivity contribution is 5.20. The number of hydrogen-bond acceptors (Lipinski definition) is 17. The number of aliphatic hydroxyl groups excluding tert-OH is 11. The third-order valence-electron chi connectivity index (χ3n) is 18.4. The van der Waals surface area contributed by atoms with Gasteiger partial charge in [-0.1, -0.05) is 46.3 Å². The number of aliphatic hydroxyl groups is 11. The van der Waals surface area contributed by atoms with Gasteiger partial charge in [0.1, 0.15) is 67.1 Å². The highest BCUT2D eigenvalue weighted by atomic mass is 16.7. The Morgan fingerprint density at radius 1 is 0.641 bits per heavy atom. The number of hydrogen-bond donors (Lipinski definition) is 11. The molecule has 17 nitrogen and oxygen atoms in total. The molecule has 7 rings (SSSR count). The smallest absolute Gasteiger partial charge is 0.187 e. The molecule has 3 heterocycles. The van der Waals surface area contributed by atoms with E-state index in [2.05, 4.69) is 40.7 Å². The molecule has 0 radical (unpaired) electrons. The molecular weight excluding hydrogens is 836 g/mol. The standard InChI is InChI=1S/C47H80O17/c1-22(2)10-9-14-47(8,64-42-39(58)36(55)34(53)27(62-42)21-59-40-37(56)33(52)26(20-49)60-40)23-11-16-46(7)31(23)24(50)18-29-44(5)15-13-30(43(3,4)28(44)12-17-45(29,46)6)63-41-38(57)35(54)32(51)25(19-48)61-41/h10,23-42,48-58H,9,11-21H2,1-8H3/t23-,24+,25+,26-,27?,28-,29+,30-,31-,32+,33-,34+,35-,36+,37+,38+,39?,40+,41-,42-,44-,45+,46+,47-/m0/s1. The third kappa shape index (κ3) is 8.49. The van der Waals surface area contributed by atoms with E-state index in [9.17, 15) is 56.2 Å². The normalized spacial score (nSPS) is 52.3. The van der Waals surface area contributed by atoms with Crippen molar-refractivity contribution >= 4 is 0 Å². The van der Waals surface area contributed by atoms with Crippen LogP contribution < -0.4 is 0 Å². The topological polar surface area (TPSA) is 278 Å². The van der Waals surface area contributed by atoms with Crippen molar-refractivity contribution < 1.29 is 84.6 Å². The van der Waals surface area contributed by atoms with Crippen molar-refractivity contribution in [1.82, 2.24) is 0 Å². The number of rotatable bonds is 13. The maximum atomic E-state index is 12.7. The summed E-state index contributed by atoms with van der Waals surface area (Å²) < 4.78 is 36.6. The SMILES string of the molecule is CC(C)=CCC[C@](C)(O[C@@H]1OC(CO[C@@H]2O[C@@H](CO)[C@H](O)[C@H]2O)[C@@H](O)[C@@H](O)C1O)[C@H]1CC[C@]2(C)[C@@H]1[C@H](O)C[C@@H]1[C@@]3(C)CC[C@H](O[C@@H]4O[C@H](CO)[C@@H](O)[C@H](O)[C@H]4O)C(C)(C)[C@@H]3CC[C@]12C. The van der Waals surface area contributed by atoms with E-state index in [1.165, 1.54) is 0 Å². The van der Waals surface area contributed by atoms with E-state index < -0.39 is 123 Å². The number of allylic oxidation sites excluding steroid dienone is 2. The molecule has 17 heteroatoms. The van der Waals surface area contributed by atoms with Crippen LogP contribution in [0.5, 0.6) is 0 Å². The van der Waals surface area contributed by atoms with Crippen molar-refractivity contribution in [3.63, 3.8) is 0 Å². The molecule has 0 bridgehead atoms. The van der Waals surface area contributed by atoms with E-state index in [-0.39, 0.29) is 46.0 Å². The monoisotopic (exact) mass is 917 g/mol. The fourth-order valence-electron chi connectivity index (χ4n) is 14.6. The molecule has 2 unspecified atom stereocenters. The van der Waals surface area contributed by atoms with Crippen LogP contribution in [0.3, 0.4) is 0 Å². The predicted molar refractivity (Wildman–Crippen MR) is 228 cm³/mol. The second kappa shape index (κ2) is 18.8. The second-order valence-corrected chi connectivity index (χ2v) is 22.4. The van der Waals surface area contributed by atoms with Crippen molar-refractivity contribution in [2.45, 2.75) is 217 Å². The Balaban J connectivity index is 1.11. The fraction of sp³-hybridized carbons (Fsp3) is 0.957. The zero-order valence-electron chi connectivity index (χ0n) is 39.0. The first-order valence-corrected chi connectivity index (χ1v) is 23.8. The van der Waals surface area contributed by atoms with Gasteiger partial charge in [0.05, 0.1) is 37.6 Å². The molecule has 0 spiro atoms. The van der Waals surface area contributed by atoms with Gasteiger partial charge in [0.2, 0.25) is 0 Å². The molecule has 24 atom stereocenters. The molecule has 7 fully saturated rings. The molecule has 3 saturated heterocycles. The summed E-state index contributed by atoms with van der Waals surface area (Å²) in [6, 6.07) is 0. The molecule has 370 valence electrons. The summed E-state index contributed by atoms with van der Waals surface area (Å²) in [4.78, 5) is 0. The lowest BCUT2D eigenvalue weighted by molar-refractivity contribution is -0.342. The summed E-state index contributed by atoms with van der Waals surface area (Å²) in [7, 11) is 0. The molecule has 0 aromatic rings. The highest BCUT2D eigenvalue weighted by Crippen LogP contribution is 2.76. The first kappa shape index (κ1) is 50.9. The molecule has 0 aromatic carbocycles. The average Bonchev–Trinajstić information content (AvgIpc) is 3.76. The Hall–Kier alpha value is -0.940. The Labute approximate surface area is 377 Å². The Kier molecular flexibility index (Phi) is 14.9. The van der Waals surface area contributed by atoms with Gasteiger partial charge in [0.25, 0.3) is 0 Å². The Morgan fingerprint density at radius 3 is 1.81 bits per heavy atom. The number of fused-ring (bicyclic) bond motifs is 5. The van der Waals surface area contributed by atoms with Crippen LogP contribution in [0.4, 0.5) is 0 Å². The van der Waals surface area contributed by atoms with E-state index in [0.29, 0.717) is 25.7 Å².